The molecule has 3 N–H and O–H groups in total. The van der Waals surface area contributed by atoms with Crippen LogP contribution < -0.4 is 5.14 Å². The predicted octanol–water partition coefficient (Wildman–Crippen LogP) is 5.69. The van der Waals surface area contributed by atoms with Crippen LogP contribution in [0.3, 0.4) is 0 Å². The Balaban J connectivity index is 1.46. The maximum atomic E-state index is 14.8. The van der Waals surface area contributed by atoms with Crippen LogP contribution in [-0.2, 0) is 23.0 Å². The molecule has 2 heterocycles. The quantitative estimate of drug-likeness (QED) is 0.247. The van der Waals surface area contributed by atoms with E-state index in [0.717, 1.165) is 42.5 Å². The van der Waals surface area contributed by atoms with Crippen molar-refractivity contribution in [2.75, 3.05) is 0 Å². The zero-order valence-electron chi connectivity index (χ0n) is 22.7. The smallest absolute Gasteiger partial charge is 0.357 e. The Bertz CT molecular complexity index is 1910. The van der Waals surface area contributed by atoms with Crippen molar-refractivity contribution in [3.63, 3.8) is 0 Å². The lowest BCUT2D eigenvalue weighted by molar-refractivity contribution is -0.0936. The number of benzene rings is 2. The van der Waals surface area contributed by atoms with Crippen molar-refractivity contribution in [1.29, 1.82) is 0 Å². The normalized spacial score (nSPS) is 16.4. The van der Waals surface area contributed by atoms with Crippen molar-refractivity contribution in [3.05, 3.63) is 83.1 Å². The number of aromatic nitrogens is 2. The first kappa shape index (κ1) is 28.8. The van der Waals surface area contributed by atoms with Crippen molar-refractivity contribution in [3.8, 4) is 34.6 Å². The summed E-state index contributed by atoms with van der Waals surface area (Å²) in [5.74, 6) is 1.16. The van der Waals surface area contributed by atoms with Crippen molar-refractivity contribution >= 4 is 16.0 Å². The Hall–Kier alpha value is -4.34. The third-order valence-electron chi connectivity index (χ3n) is 7.65. The van der Waals surface area contributed by atoms with E-state index in [1.807, 2.05) is 22.8 Å². The molecule has 0 aliphatic heterocycles. The molecule has 0 atom stereocenters. The number of carboxylic acid groups (broad SMARTS) is 1. The second-order valence-corrected chi connectivity index (χ2v) is 12.6. The number of alkyl halides is 2. The number of nitrogens with two attached hydrogens (primary N) is 1. The fraction of sp³-hybridized carbons (Fsp3) is 0.290. The van der Waals surface area contributed by atoms with Gasteiger partial charge in [-0.25, -0.2) is 36.5 Å². The highest BCUT2D eigenvalue weighted by Gasteiger charge is 2.44. The summed E-state index contributed by atoms with van der Waals surface area (Å²) in [6.07, 6.45) is 3.19. The van der Waals surface area contributed by atoms with E-state index in [9.17, 15) is 31.5 Å². The molecule has 2 aromatic carbocycles. The molecule has 8 nitrogen and oxygen atoms in total. The number of carbonyl (C=O) groups is 1. The van der Waals surface area contributed by atoms with Crippen LogP contribution in [0, 0.1) is 29.5 Å². The molecule has 0 unspecified atom stereocenters. The highest BCUT2D eigenvalue weighted by Crippen LogP contribution is 2.42. The van der Waals surface area contributed by atoms with Gasteiger partial charge in [-0.1, -0.05) is 30.0 Å². The number of sulfonamides is 1. The second-order valence-electron chi connectivity index (χ2n) is 11.1. The van der Waals surface area contributed by atoms with E-state index in [1.165, 1.54) is 6.07 Å². The van der Waals surface area contributed by atoms with Crippen molar-refractivity contribution in [2.24, 2.45) is 17.0 Å². The monoisotopic (exact) mass is 609 g/mol. The summed E-state index contributed by atoms with van der Waals surface area (Å²) in [7, 11) is -4.25. The molecule has 12 heteroatoms. The summed E-state index contributed by atoms with van der Waals surface area (Å²) in [4.78, 5) is 15.1. The Kier molecular flexibility index (Phi) is 7.18. The van der Waals surface area contributed by atoms with E-state index < -0.39 is 32.6 Å². The van der Waals surface area contributed by atoms with Gasteiger partial charge in [0.05, 0.1) is 5.56 Å². The molecule has 0 spiro atoms. The van der Waals surface area contributed by atoms with Crippen molar-refractivity contribution in [2.45, 2.75) is 49.5 Å². The number of primary sulfonamides is 1. The summed E-state index contributed by atoms with van der Waals surface area (Å²) in [5, 5.41) is 14.5. The third-order valence-corrected chi connectivity index (χ3v) is 8.60. The Morgan fingerprint density at radius 1 is 1.16 bits per heavy atom. The van der Waals surface area contributed by atoms with Crippen LogP contribution in [0.4, 0.5) is 13.2 Å². The molecule has 2 aliphatic rings. The number of carboxylic acids is 1. The van der Waals surface area contributed by atoms with Crippen LogP contribution in [0.1, 0.15) is 53.0 Å². The van der Waals surface area contributed by atoms with E-state index in [1.54, 1.807) is 12.1 Å². The third kappa shape index (κ3) is 6.23. The number of halogens is 3. The average molecular weight is 610 g/mol. The van der Waals surface area contributed by atoms with Crippen LogP contribution >= 0.6 is 0 Å². The Morgan fingerprint density at radius 2 is 1.93 bits per heavy atom. The fourth-order valence-corrected chi connectivity index (χ4v) is 5.85. The standard InChI is InChI=1S/C31H26F3N3O5S/c32-24-11-20(8-9-28(24)43(35,40)41)16-37-26(22-3-1-2-18(10-22)6-7-21-14-31(33,34)15-21)13-23(27(37)12-19-4-5-19)29-36-25(17-42-29)30(38)39/h1-3,8-11,13,17,19,21H,4-5,12,14-16H2,(H,38,39)(H2,35,40,41). The van der Waals surface area contributed by atoms with E-state index >= 15 is 0 Å². The van der Waals surface area contributed by atoms with Gasteiger partial charge in [-0.2, -0.15) is 0 Å². The van der Waals surface area contributed by atoms with Gasteiger partial charge < -0.3 is 14.1 Å². The fourth-order valence-electron chi connectivity index (χ4n) is 5.27. The van der Waals surface area contributed by atoms with Crippen LogP contribution in [0.15, 0.2) is 64.1 Å². The Morgan fingerprint density at radius 3 is 2.56 bits per heavy atom. The minimum absolute atomic E-state index is 0.116. The molecule has 6 rings (SSSR count). The summed E-state index contributed by atoms with van der Waals surface area (Å²) in [5.41, 5.74) is 3.60. The zero-order valence-corrected chi connectivity index (χ0v) is 23.5. The summed E-state index contributed by atoms with van der Waals surface area (Å²) < 4.78 is 72.4. The molecule has 222 valence electrons. The maximum absolute atomic E-state index is 14.8. The van der Waals surface area contributed by atoms with E-state index in [2.05, 4.69) is 16.8 Å². The summed E-state index contributed by atoms with van der Waals surface area (Å²) in [6, 6.07) is 12.8. The van der Waals surface area contributed by atoms with Crippen molar-refractivity contribution in [1.82, 2.24) is 9.55 Å². The van der Waals surface area contributed by atoms with Gasteiger partial charge in [0.25, 0.3) is 5.92 Å². The minimum atomic E-state index is -4.25. The van der Waals surface area contributed by atoms with Crippen molar-refractivity contribution < 1.29 is 35.9 Å². The molecule has 2 fully saturated rings. The van der Waals surface area contributed by atoms with Gasteiger partial charge in [0.1, 0.15) is 17.0 Å². The van der Waals surface area contributed by atoms with E-state index in [0.29, 0.717) is 34.7 Å². The SMILES string of the molecule is NS(=O)(=O)c1ccc(Cn2c(-c3cccc(C#CC4CC(F)(F)C4)c3)cc(-c3nc(C(=O)O)co3)c2CC2CC2)cc1F. The number of nitrogens with zero attached hydrogens (tertiary/aromatic N) is 2. The first-order valence-electron chi connectivity index (χ1n) is 13.6. The average Bonchev–Trinajstić information content (AvgIpc) is 3.48. The number of rotatable bonds is 8. The number of hydrogen-bond donors (Lipinski definition) is 2. The summed E-state index contributed by atoms with van der Waals surface area (Å²) >= 11 is 0. The lowest BCUT2D eigenvalue weighted by atomic mass is 9.82. The van der Waals surface area contributed by atoms with Gasteiger partial charge in [-0.15, -0.1) is 0 Å². The zero-order chi connectivity index (χ0) is 30.5. The van der Waals surface area contributed by atoms with Gasteiger partial charge in [0.15, 0.2) is 5.69 Å². The lowest BCUT2D eigenvalue weighted by Crippen LogP contribution is -2.34. The first-order valence-corrected chi connectivity index (χ1v) is 15.1. The first-order chi connectivity index (χ1) is 20.4. The molecule has 0 radical (unpaired) electrons. The van der Waals surface area contributed by atoms with E-state index in [-0.39, 0.29) is 36.9 Å². The second kappa shape index (κ2) is 10.7. The molecule has 43 heavy (non-hydrogen) atoms. The molecule has 0 saturated heterocycles. The van der Waals surface area contributed by atoms with Gasteiger partial charge in [0.2, 0.25) is 15.9 Å². The van der Waals surface area contributed by atoms with Gasteiger partial charge in [-0.3, -0.25) is 0 Å². The molecular formula is C31H26F3N3O5S. The highest BCUT2D eigenvalue weighted by atomic mass is 32.2. The molecule has 2 saturated carbocycles. The van der Waals surface area contributed by atoms with Crippen LogP contribution in [-0.4, -0.2) is 35.0 Å². The number of hydrogen-bond acceptors (Lipinski definition) is 5. The van der Waals surface area contributed by atoms with Gasteiger partial charge in [-0.05, 0) is 66.6 Å². The number of aromatic carboxylic acids is 1. The van der Waals surface area contributed by atoms with Gasteiger partial charge in [0, 0.05) is 42.3 Å². The maximum Gasteiger partial charge on any atom is 0.357 e. The summed E-state index contributed by atoms with van der Waals surface area (Å²) in [6.45, 7) is 0.138. The Labute approximate surface area is 245 Å². The highest BCUT2D eigenvalue weighted by molar-refractivity contribution is 7.89. The number of oxazole rings is 1. The molecule has 2 aromatic heterocycles. The van der Waals surface area contributed by atoms with E-state index in [4.69, 9.17) is 9.56 Å². The van der Waals surface area contributed by atoms with Gasteiger partial charge >= 0.3 is 5.97 Å². The molecular weight excluding hydrogens is 583 g/mol. The minimum Gasteiger partial charge on any atom is -0.476 e. The molecule has 0 bridgehead atoms. The van der Waals surface area contributed by atoms with Crippen LogP contribution in [0.2, 0.25) is 0 Å². The molecule has 0 amide bonds. The lowest BCUT2D eigenvalue weighted by Gasteiger charge is -2.31. The topological polar surface area (TPSA) is 128 Å². The molecule has 2 aliphatic carbocycles. The van der Waals surface area contributed by atoms with Crippen LogP contribution in [0.25, 0.3) is 22.7 Å². The largest absolute Gasteiger partial charge is 0.476 e. The van der Waals surface area contributed by atoms with Crippen LogP contribution in [0.5, 0.6) is 0 Å². The predicted molar refractivity (Wildman–Crippen MR) is 150 cm³/mol. The molecule has 4 aromatic rings.